The van der Waals surface area contributed by atoms with Crippen molar-refractivity contribution < 1.29 is 14.7 Å². The fourth-order valence-electron chi connectivity index (χ4n) is 2.27. The van der Waals surface area contributed by atoms with Crippen molar-refractivity contribution in [3.63, 3.8) is 0 Å². The molecule has 1 atom stereocenters. The fourth-order valence-corrected chi connectivity index (χ4v) is 3.49. The van der Waals surface area contributed by atoms with E-state index in [0.29, 0.717) is 5.69 Å². The van der Waals surface area contributed by atoms with Crippen LogP contribution >= 0.6 is 27.3 Å². The van der Waals surface area contributed by atoms with E-state index in [0.717, 1.165) is 15.0 Å². The summed E-state index contributed by atoms with van der Waals surface area (Å²) in [4.78, 5) is 27.8. The highest BCUT2D eigenvalue weighted by Gasteiger charge is 2.24. The Labute approximate surface area is 147 Å². The van der Waals surface area contributed by atoms with Gasteiger partial charge in [-0.25, -0.2) is 4.98 Å². The number of Topliss-reactive ketones (excluding diaryl/α,β-unsaturated/α-hetero) is 1. The average molecular weight is 396 g/mol. The minimum Gasteiger partial charge on any atom is -0.481 e. The summed E-state index contributed by atoms with van der Waals surface area (Å²) in [6.07, 6.45) is 0.234. The van der Waals surface area contributed by atoms with Gasteiger partial charge in [0.25, 0.3) is 0 Å². The maximum atomic E-state index is 12.1. The van der Waals surface area contributed by atoms with Gasteiger partial charge in [-0.1, -0.05) is 41.9 Å². The van der Waals surface area contributed by atoms with Crippen molar-refractivity contribution >= 4 is 39.0 Å². The van der Waals surface area contributed by atoms with Crippen molar-refractivity contribution in [2.24, 2.45) is 11.8 Å². The van der Waals surface area contributed by atoms with Crippen LogP contribution in [-0.2, 0) is 16.0 Å². The van der Waals surface area contributed by atoms with Gasteiger partial charge in [-0.05, 0) is 18.1 Å². The van der Waals surface area contributed by atoms with Crippen LogP contribution in [0.2, 0.25) is 0 Å². The van der Waals surface area contributed by atoms with Gasteiger partial charge in [-0.3, -0.25) is 9.59 Å². The van der Waals surface area contributed by atoms with E-state index in [9.17, 15) is 9.59 Å². The predicted molar refractivity (Wildman–Crippen MR) is 94.5 cm³/mol. The smallest absolute Gasteiger partial charge is 0.307 e. The van der Waals surface area contributed by atoms with Gasteiger partial charge in [-0.15, -0.1) is 11.3 Å². The topological polar surface area (TPSA) is 67.3 Å². The highest BCUT2D eigenvalue weighted by Crippen LogP contribution is 2.27. The minimum atomic E-state index is -0.915. The molecule has 0 aliphatic heterocycles. The quantitative estimate of drug-likeness (QED) is 0.752. The van der Waals surface area contributed by atoms with Gasteiger partial charge in [0.2, 0.25) is 0 Å². The number of carboxylic acid groups (broad SMARTS) is 1. The number of carboxylic acids is 1. The van der Waals surface area contributed by atoms with Crippen LogP contribution in [0.4, 0.5) is 0 Å². The molecule has 1 aromatic carbocycles. The lowest BCUT2D eigenvalue weighted by atomic mass is 9.90. The predicted octanol–water partition coefficient (Wildman–Crippen LogP) is 4.43. The van der Waals surface area contributed by atoms with Gasteiger partial charge in [0.1, 0.15) is 10.8 Å². The minimum absolute atomic E-state index is 0.0523. The summed E-state index contributed by atoms with van der Waals surface area (Å²) in [6, 6.07) is 7.82. The van der Waals surface area contributed by atoms with E-state index in [1.807, 2.05) is 43.5 Å². The third-order valence-corrected chi connectivity index (χ3v) is 5.00. The number of thiazole rings is 1. The van der Waals surface area contributed by atoms with Crippen molar-refractivity contribution in [1.82, 2.24) is 4.98 Å². The number of aliphatic carboxylic acids is 1. The van der Waals surface area contributed by atoms with Crippen molar-refractivity contribution in [3.8, 4) is 10.6 Å². The molecule has 2 rings (SSSR count). The van der Waals surface area contributed by atoms with Crippen LogP contribution in [0.15, 0.2) is 34.1 Å². The molecule has 0 saturated carbocycles. The third-order valence-electron chi connectivity index (χ3n) is 3.57. The zero-order valence-corrected chi connectivity index (χ0v) is 15.4. The number of halogens is 1. The van der Waals surface area contributed by atoms with Crippen LogP contribution in [0, 0.1) is 11.8 Å². The molecule has 0 saturated heterocycles. The molecular weight excluding hydrogens is 378 g/mol. The first-order valence-electron chi connectivity index (χ1n) is 7.31. The highest BCUT2D eigenvalue weighted by molar-refractivity contribution is 9.10. The Balaban J connectivity index is 2.04. The Bertz CT molecular complexity index is 711. The lowest BCUT2D eigenvalue weighted by molar-refractivity contribution is -0.145. The second-order valence-electron chi connectivity index (χ2n) is 5.76. The Hall–Kier alpha value is -1.53. The van der Waals surface area contributed by atoms with Crippen LogP contribution in [0.3, 0.4) is 0 Å². The lowest BCUT2D eigenvalue weighted by Gasteiger charge is -2.14. The van der Waals surface area contributed by atoms with Crippen molar-refractivity contribution in [3.05, 3.63) is 39.8 Å². The molecule has 0 unspecified atom stereocenters. The maximum absolute atomic E-state index is 12.1. The second-order valence-corrected chi connectivity index (χ2v) is 7.54. The monoisotopic (exact) mass is 395 g/mol. The summed E-state index contributed by atoms with van der Waals surface area (Å²) in [5.74, 6) is -1.70. The van der Waals surface area contributed by atoms with E-state index >= 15 is 0 Å². The van der Waals surface area contributed by atoms with E-state index in [-0.39, 0.29) is 24.5 Å². The standard InChI is InChI=1S/C17H18BrNO3S/c1-10(2)15(17(21)22)8-14(20)7-13-9-23-16(19-13)11-4-3-5-12(18)6-11/h3-6,9-10,15H,7-8H2,1-2H3,(H,21,22)/t15-/m0/s1. The first-order chi connectivity index (χ1) is 10.9. The highest BCUT2D eigenvalue weighted by atomic mass is 79.9. The molecular formula is C17H18BrNO3S. The largest absolute Gasteiger partial charge is 0.481 e. The number of rotatable bonds is 7. The van der Waals surface area contributed by atoms with Crippen molar-refractivity contribution in [1.29, 1.82) is 0 Å². The molecule has 1 N–H and O–H groups in total. The maximum Gasteiger partial charge on any atom is 0.307 e. The van der Waals surface area contributed by atoms with Gasteiger partial charge in [0.15, 0.2) is 0 Å². The first-order valence-corrected chi connectivity index (χ1v) is 8.99. The first kappa shape index (κ1) is 17.8. The molecule has 4 nitrogen and oxygen atoms in total. The van der Waals surface area contributed by atoms with Crippen molar-refractivity contribution in [2.75, 3.05) is 0 Å². The van der Waals surface area contributed by atoms with Crippen LogP contribution in [-0.4, -0.2) is 21.8 Å². The number of carbonyl (C=O) groups is 2. The summed E-state index contributed by atoms with van der Waals surface area (Å²) in [6.45, 7) is 3.64. The summed E-state index contributed by atoms with van der Waals surface area (Å²) in [7, 11) is 0. The number of nitrogens with zero attached hydrogens (tertiary/aromatic N) is 1. The Morgan fingerprint density at radius 1 is 1.35 bits per heavy atom. The van der Waals surface area contributed by atoms with Gasteiger partial charge < -0.3 is 5.11 Å². The molecule has 23 heavy (non-hydrogen) atoms. The van der Waals surface area contributed by atoms with E-state index in [4.69, 9.17) is 5.11 Å². The van der Waals surface area contributed by atoms with Crippen molar-refractivity contribution in [2.45, 2.75) is 26.7 Å². The van der Waals surface area contributed by atoms with E-state index in [2.05, 4.69) is 20.9 Å². The number of carbonyl (C=O) groups excluding carboxylic acids is 1. The zero-order valence-electron chi connectivity index (χ0n) is 13.0. The summed E-state index contributed by atoms with van der Waals surface area (Å²) < 4.78 is 0.976. The summed E-state index contributed by atoms with van der Waals surface area (Å²) in [5.41, 5.74) is 1.69. The Morgan fingerprint density at radius 3 is 2.70 bits per heavy atom. The van der Waals surface area contributed by atoms with Gasteiger partial charge in [-0.2, -0.15) is 0 Å². The third kappa shape index (κ3) is 4.97. The molecule has 1 heterocycles. The molecule has 122 valence electrons. The summed E-state index contributed by atoms with van der Waals surface area (Å²) >= 11 is 4.91. The van der Waals surface area contributed by atoms with Crippen LogP contribution < -0.4 is 0 Å². The van der Waals surface area contributed by atoms with Gasteiger partial charge in [0.05, 0.1) is 11.6 Å². The van der Waals surface area contributed by atoms with E-state index in [1.54, 1.807) is 0 Å². The molecule has 1 aromatic heterocycles. The normalized spacial score (nSPS) is 12.3. The van der Waals surface area contributed by atoms with Gasteiger partial charge in [0, 0.05) is 28.3 Å². The van der Waals surface area contributed by atoms with E-state index in [1.165, 1.54) is 11.3 Å². The molecule has 0 spiro atoms. The lowest BCUT2D eigenvalue weighted by Crippen LogP contribution is -2.23. The number of hydrogen-bond donors (Lipinski definition) is 1. The Morgan fingerprint density at radius 2 is 2.09 bits per heavy atom. The molecule has 2 aromatic rings. The average Bonchev–Trinajstić information content (AvgIpc) is 2.92. The SMILES string of the molecule is CC(C)[C@H](CC(=O)Cc1csc(-c2cccc(Br)c2)n1)C(=O)O. The van der Waals surface area contributed by atoms with Crippen LogP contribution in [0.5, 0.6) is 0 Å². The Kier molecular flexibility index (Phi) is 6.07. The molecule has 0 amide bonds. The molecule has 0 aliphatic rings. The van der Waals surface area contributed by atoms with E-state index < -0.39 is 11.9 Å². The second kappa shape index (κ2) is 7.84. The molecule has 0 aliphatic carbocycles. The summed E-state index contributed by atoms with van der Waals surface area (Å²) in [5, 5.41) is 11.9. The molecule has 0 radical (unpaired) electrons. The molecule has 0 bridgehead atoms. The molecule has 6 heteroatoms. The zero-order chi connectivity index (χ0) is 17.0. The number of hydrogen-bond acceptors (Lipinski definition) is 4. The fraction of sp³-hybridized carbons (Fsp3) is 0.353. The number of ketones is 1. The van der Waals surface area contributed by atoms with Gasteiger partial charge >= 0.3 is 5.97 Å². The van der Waals surface area contributed by atoms with Crippen LogP contribution in [0.1, 0.15) is 26.0 Å². The molecule has 0 fully saturated rings. The van der Waals surface area contributed by atoms with Crippen LogP contribution in [0.25, 0.3) is 10.6 Å². The number of benzene rings is 1. The number of aromatic nitrogens is 1.